The summed E-state index contributed by atoms with van der Waals surface area (Å²) in [6.07, 6.45) is 1.35. The molecular formula is C8H9FN2O. The Morgan fingerprint density at radius 3 is 2.83 bits per heavy atom. The van der Waals surface area contributed by atoms with E-state index in [0.29, 0.717) is 11.3 Å². The predicted octanol–water partition coefficient (Wildman–Crippen LogP) is 1.13. The lowest BCUT2D eigenvalue weighted by molar-refractivity contribution is 0.411. The van der Waals surface area contributed by atoms with E-state index in [1.807, 2.05) is 0 Å². The smallest absolute Gasteiger partial charge is 0.127 e. The number of hydrogen-bond donors (Lipinski definition) is 1. The normalized spacial score (nSPS) is 10.5. The number of hydrazone groups is 1. The quantitative estimate of drug-likeness (QED) is 0.408. The fourth-order valence-electron chi connectivity index (χ4n) is 0.863. The second-order valence-electron chi connectivity index (χ2n) is 2.20. The standard InChI is InChI=1S/C8H9FN2O/c1-12-8-3-6(5-11-10)2-7(9)4-8/h2-5H,10H2,1H3. The van der Waals surface area contributed by atoms with Crippen molar-refractivity contribution >= 4 is 6.21 Å². The molecule has 0 heterocycles. The van der Waals surface area contributed by atoms with Gasteiger partial charge in [-0.3, -0.25) is 0 Å². The first-order chi connectivity index (χ1) is 5.76. The molecule has 0 unspecified atom stereocenters. The summed E-state index contributed by atoms with van der Waals surface area (Å²) < 4.78 is 17.6. The van der Waals surface area contributed by atoms with Gasteiger partial charge in [0.1, 0.15) is 11.6 Å². The van der Waals surface area contributed by atoms with Gasteiger partial charge in [-0.25, -0.2) is 4.39 Å². The van der Waals surface area contributed by atoms with E-state index >= 15 is 0 Å². The van der Waals surface area contributed by atoms with E-state index in [9.17, 15) is 4.39 Å². The molecule has 0 aromatic heterocycles. The first kappa shape index (κ1) is 8.52. The molecule has 1 aromatic carbocycles. The van der Waals surface area contributed by atoms with Gasteiger partial charge in [0.05, 0.1) is 13.3 Å². The SMILES string of the molecule is COc1cc(F)cc(C=NN)c1. The second kappa shape index (κ2) is 3.71. The molecule has 1 rings (SSSR count). The highest BCUT2D eigenvalue weighted by Gasteiger charge is 1.97. The zero-order valence-corrected chi connectivity index (χ0v) is 6.62. The average Bonchev–Trinajstić information content (AvgIpc) is 2.04. The molecule has 12 heavy (non-hydrogen) atoms. The molecule has 0 aliphatic rings. The third-order valence-electron chi connectivity index (χ3n) is 1.35. The fraction of sp³-hybridized carbons (Fsp3) is 0.125. The third kappa shape index (κ3) is 1.95. The van der Waals surface area contributed by atoms with Crippen molar-refractivity contribution in [1.29, 1.82) is 0 Å². The summed E-state index contributed by atoms with van der Waals surface area (Å²) in [6.45, 7) is 0. The van der Waals surface area contributed by atoms with E-state index in [1.165, 1.54) is 25.5 Å². The molecule has 64 valence electrons. The van der Waals surface area contributed by atoms with Crippen LogP contribution in [0.25, 0.3) is 0 Å². The molecule has 0 fully saturated rings. The minimum absolute atomic E-state index is 0.371. The Hall–Kier alpha value is -1.58. The minimum Gasteiger partial charge on any atom is -0.497 e. The number of rotatable bonds is 2. The monoisotopic (exact) mass is 168 g/mol. The third-order valence-corrected chi connectivity index (χ3v) is 1.35. The van der Waals surface area contributed by atoms with Gasteiger partial charge in [0.15, 0.2) is 0 Å². The van der Waals surface area contributed by atoms with Crippen molar-refractivity contribution in [2.24, 2.45) is 10.9 Å². The van der Waals surface area contributed by atoms with Gasteiger partial charge in [0.2, 0.25) is 0 Å². The van der Waals surface area contributed by atoms with Crippen LogP contribution in [-0.4, -0.2) is 13.3 Å². The molecule has 2 N–H and O–H groups in total. The Labute approximate surface area is 69.6 Å². The van der Waals surface area contributed by atoms with Crippen LogP contribution in [0, 0.1) is 5.82 Å². The molecule has 0 aliphatic heterocycles. The molecule has 0 saturated heterocycles. The molecule has 1 aromatic rings. The van der Waals surface area contributed by atoms with Crippen LogP contribution in [-0.2, 0) is 0 Å². The molecule has 0 amide bonds. The Bertz CT molecular complexity index is 299. The highest BCUT2D eigenvalue weighted by molar-refractivity contribution is 5.79. The van der Waals surface area contributed by atoms with Crippen LogP contribution in [0.4, 0.5) is 4.39 Å². The van der Waals surface area contributed by atoms with Crippen LogP contribution in [0.1, 0.15) is 5.56 Å². The largest absolute Gasteiger partial charge is 0.497 e. The maximum atomic E-state index is 12.8. The van der Waals surface area contributed by atoms with E-state index in [-0.39, 0.29) is 5.82 Å². The topological polar surface area (TPSA) is 47.6 Å². The van der Waals surface area contributed by atoms with Crippen LogP contribution in [0.15, 0.2) is 23.3 Å². The molecule has 0 bridgehead atoms. The van der Waals surface area contributed by atoms with Crippen LogP contribution in [0.5, 0.6) is 5.75 Å². The lowest BCUT2D eigenvalue weighted by Gasteiger charge is -2.00. The van der Waals surface area contributed by atoms with Gasteiger partial charge in [-0.1, -0.05) is 0 Å². The summed E-state index contributed by atoms with van der Waals surface area (Å²) in [6, 6.07) is 4.24. The molecule has 0 aliphatic carbocycles. The molecule has 4 heteroatoms. The van der Waals surface area contributed by atoms with E-state index in [1.54, 1.807) is 6.07 Å². The van der Waals surface area contributed by atoms with Crippen LogP contribution >= 0.6 is 0 Å². The molecule has 0 radical (unpaired) electrons. The van der Waals surface area contributed by atoms with Gasteiger partial charge in [0.25, 0.3) is 0 Å². The van der Waals surface area contributed by atoms with E-state index < -0.39 is 0 Å². The maximum absolute atomic E-state index is 12.8. The fourth-order valence-corrected chi connectivity index (χ4v) is 0.863. The number of nitrogens with zero attached hydrogens (tertiary/aromatic N) is 1. The van der Waals surface area contributed by atoms with Gasteiger partial charge < -0.3 is 10.6 Å². The number of ether oxygens (including phenoxy) is 1. The van der Waals surface area contributed by atoms with Crippen molar-refractivity contribution in [3.05, 3.63) is 29.6 Å². The zero-order valence-electron chi connectivity index (χ0n) is 6.62. The zero-order chi connectivity index (χ0) is 8.97. The molecule has 0 atom stereocenters. The van der Waals surface area contributed by atoms with Crippen LogP contribution in [0.3, 0.4) is 0 Å². The molecular weight excluding hydrogens is 159 g/mol. The van der Waals surface area contributed by atoms with Crippen LogP contribution in [0.2, 0.25) is 0 Å². The second-order valence-corrected chi connectivity index (χ2v) is 2.20. The van der Waals surface area contributed by atoms with Crippen molar-refractivity contribution in [3.63, 3.8) is 0 Å². The van der Waals surface area contributed by atoms with Crippen LogP contribution < -0.4 is 10.6 Å². The lowest BCUT2D eigenvalue weighted by Crippen LogP contribution is -1.90. The average molecular weight is 168 g/mol. The van der Waals surface area contributed by atoms with Crippen molar-refractivity contribution in [2.45, 2.75) is 0 Å². The summed E-state index contributed by atoms with van der Waals surface area (Å²) in [5, 5.41) is 3.28. The molecule has 0 spiro atoms. The number of halogens is 1. The van der Waals surface area contributed by atoms with E-state index in [4.69, 9.17) is 10.6 Å². The molecule has 0 saturated carbocycles. The highest BCUT2D eigenvalue weighted by Crippen LogP contribution is 2.14. The Balaban J connectivity index is 3.06. The summed E-state index contributed by atoms with van der Waals surface area (Å²) in [5.74, 6) is 4.99. The Morgan fingerprint density at radius 1 is 1.50 bits per heavy atom. The number of benzene rings is 1. The van der Waals surface area contributed by atoms with Gasteiger partial charge in [-0.2, -0.15) is 5.10 Å². The summed E-state index contributed by atoms with van der Waals surface area (Å²) >= 11 is 0. The first-order valence-electron chi connectivity index (χ1n) is 3.34. The van der Waals surface area contributed by atoms with Gasteiger partial charge in [-0.05, 0) is 12.1 Å². The Kier molecular flexibility index (Phi) is 2.63. The van der Waals surface area contributed by atoms with Gasteiger partial charge >= 0.3 is 0 Å². The predicted molar refractivity (Wildman–Crippen MR) is 44.7 cm³/mol. The Morgan fingerprint density at radius 2 is 2.25 bits per heavy atom. The van der Waals surface area contributed by atoms with E-state index in [2.05, 4.69) is 5.10 Å². The molecule has 3 nitrogen and oxygen atoms in total. The van der Waals surface area contributed by atoms with Gasteiger partial charge in [0, 0.05) is 11.6 Å². The highest BCUT2D eigenvalue weighted by atomic mass is 19.1. The van der Waals surface area contributed by atoms with Gasteiger partial charge in [-0.15, -0.1) is 0 Å². The summed E-state index contributed by atoms with van der Waals surface area (Å²) in [7, 11) is 1.47. The first-order valence-corrected chi connectivity index (χ1v) is 3.34. The van der Waals surface area contributed by atoms with Crippen molar-refractivity contribution < 1.29 is 9.13 Å². The van der Waals surface area contributed by atoms with Crippen molar-refractivity contribution in [1.82, 2.24) is 0 Å². The van der Waals surface area contributed by atoms with Crippen molar-refractivity contribution in [3.8, 4) is 5.75 Å². The minimum atomic E-state index is -0.371. The van der Waals surface area contributed by atoms with Crippen molar-refractivity contribution in [2.75, 3.05) is 7.11 Å². The maximum Gasteiger partial charge on any atom is 0.127 e. The summed E-state index contributed by atoms with van der Waals surface area (Å²) in [4.78, 5) is 0. The number of methoxy groups -OCH3 is 1. The summed E-state index contributed by atoms with van der Waals surface area (Å²) in [5.41, 5.74) is 0.578. The number of nitrogens with two attached hydrogens (primary N) is 1. The number of hydrogen-bond acceptors (Lipinski definition) is 3. The lowest BCUT2D eigenvalue weighted by atomic mass is 10.2. The van der Waals surface area contributed by atoms with E-state index in [0.717, 1.165) is 0 Å².